The topological polar surface area (TPSA) is 141 Å². The van der Waals surface area contributed by atoms with Crippen molar-refractivity contribution < 1.29 is 33.8 Å². The van der Waals surface area contributed by atoms with Gasteiger partial charge >= 0.3 is 5.97 Å². The first-order valence-electron chi connectivity index (χ1n) is 15.1. The molecule has 3 atom stereocenters. The summed E-state index contributed by atoms with van der Waals surface area (Å²) in [6.07, 6.45) is 2.27. The molecule has 3 aliphatic heterocycles. The van der Waals surface area contributed by atoms with E-state index in [4.69, 9.17) is 9.47 Å². The molecule has 2 bridgehead atoms. The number of nitrogens with one attached hydrogen (secondary N) is 2. The molecule has 0 radical (unpaired) electrons. The van der Waals surface area contributed by atoms with Gasteiger partial charge in [-0.15, -0.1) is 0 Å². The number of carbonyl (C=O) groups excluding carboxylic acids is 4. The Bertz CT molecular complexity index is 2180. The number of unbranched alkanes of at least 4 members (excludes halogenated alkanes) is 2. The van der Waals surface area contributed by atoms with Crippen LogP contribution in [0.1, 0.15) is 59.6 Å². The van der Waals surface area contributed by atoms with Crippen molar-refractivity contribution in [2.24, 2.45) is 0 Å². The van der Waals surface area contributed by atoms with Gasteiger partial charge in [-0.3, -0.25) is 19.7 Å². The zero-order chi connectivity index (χ0) is 31.2. The van der Waals surface area contributed by atoms with E-state index in [1.165, 1.54) is 0 Å². The van der Waals surface area contributed by atoms with Crippen LogP contribution in [0.15, 0.2) is 61.2 Å². The van der Waals surface area contributed by atoms with E-state index in [9.17, 15) is 24.3 Å². The molecule has 0 spiro atoms. The second-order valence-electron chi connectivity index (χ2n) is 12.0. The van der Waals surface area contributed by atoms with Crippen LogP contribution in [0.4, 0.5) is 0 Å². The zero-order valence-corrected chi connectivity index (χ0v) is 24.5. The van der Waals surface area contributed by atoms with Gasteiger partial charge in [0, 0.05) is 40.6 Å². The second kappa shape index (κ2) is 9.50. The first-order chi connectivity index (χ1) is 21.7. The van der Waals surface area contributed by atoms with Gasteiger partial charge in [-0.05, 0) is 38.3 Å². The Morgan fingerprint density at radius 2 is 1.67 bits per heavy atom. The molecule has 0 saturated carbocycles. The summed E-state index contributed by atoms with van der Waals surface area (Å²) in [6, 6.07) is 15.1. The number of nitrogens with zero attached hydrogens (tertiary/aromatic N) is 2. The maximum Gasteiger partial charge on any atom is 0.330 e. The molecular formula is C34H30N4O7. The summed E-state index contributed by atoms with van der Waals surface area (Å²) >= 11 is 0. The molecule has 1 fully saturated rings. The highest BCUT2D eigenvalue weighted by atomic mass is 16.6. The molecule has 1 unspecified atom stereocenters. The second-order valence-corrected chi connectivity index (χ2v) is 12.0. The maximum absolute atomic E-state index is 14.0. The lowest BCUT2D eigenvalue weighted by atomic mass is 9.87. The predicted octanol–water partition coefficient (Wildman–Crippen LogP) is 4.14. The van der Waals surface area contributed by atoms with Crippen molar-refractivity contribution in [2.75, 3.05) is 13.2 Å². The number of para-hydroxylation sites is 2. The number of esters is 1. The lowest BCUT2D eigenvalue weighted by Gasteiger charge is -2.38. The number of carbonyl (C=O) groups is 4. The van der Waals surface area contributed by atoms with Gasteiger partial charge in [0.05, 0.1) is 39.8 Å². The summed E-state index contributed by atoms with van der Waals surface area (Å²) in [5, 5.41) is 20.6. The molecule has 0 aliphatic carbocycles. The lowest BCUT2D eigenvalue weighted by molar-refractivity contribution is -0.187. The lowest BCUT2D eigenvalue weighted by Crippen LogP contribution is -2.59. The third-order valence-electron chi connectivity index (χ3n) is 9.65. The van der Waals surface area contributed by atoms with E-state index >= 15 is 0 Å². The fourth-order valence-electron chi connectivity index (χ4n) is 7.66. The third-order valence-corrected chi connectivity index (χ3v) is 9.65. The van der Waals surface area contributed by atoms with Crippen molar-refractivity contribution in [3.63, 3.8) is 0 Å². The number of imide groups is 1. The van der Waals surface area contributed by atoms with E-state index in [1.54, 1.807) is 6.92 Å². The molecular weight excluding hydrogens is 576 g/mol. The molecule has 228 valence electrons. The van der Waals surface area contributed by atoms with Crippen molar-refractivity contribution in [3.8, 4) is 0 Å². The Balaban J connectivity index is 1.30. The molecule has 5 aromatic rings. The molecule has 8 rings (SSSR count). The minimum Gasteiger partial charge on any atom is -0.463 e. The fraction of sp³-hybridized carbons (Fsp3) is 0.294. The number of rotatable bonds is 8. The Morgan fingerprint density at radius 1 is 1.02 bits per heavy atom. The molecule has 5 heterocycles. The number of aromatic nitrogens is 2. The first kappa shape index (κ1) is 27.5. The van der Waals surface area contributed by atoms with Crippen molar-refractivity contribution in [2.45, 2.75) is 50.2 Å². The Hall–Kier alpha value is -5.00. The van der Waals surface area contributed by atoms with E-state index < -0.39 is 41.2 Å². The number of amides is 3. The van der Waals surface area contributed by atoms with Gasteiger partial charge in [-0.2, -0.15) is 0 Å². The van der Waals surface area contributed by atoms with Gasteiger partial charge < -0.3 is 29.0 Å². The minimum atomic E-state index is -2.00. The van der Waals surface area contributed by atoms with Gasteiger partial charge in [0.2, 0.25) is 0 Å². The number of ether oxygens (including phenoxy) is 2. The standard InChI is InChI=1S/C34H30N4O7/c1-3-23(39)44-16-10-4-9-15-35-32(42)34(43)17-22-37-20-13-7-5-11-18(20)24-26-27(31(41)36-30(26)40)25-19-12-6-8-14-21(19)38(29(25)28(24)37)33(34,2)45-22/h3,5-8,11-14,22,43H,1,4,9-10,15-17H2,2H3,(H,35,42)(H,36,40,41)/t22?,33-,34-/m0/s1. The van der Waals surface area contributed by atoms with Crippen LogP contribution in [0.2, 0.25) is 0 Å². The minimum absolute atomic E-state index is 0.0454. The molecule has 3 N–H and O–H groups in total. The van der Waals surface area contributed by atoms with Crippen LogP contribution in [0.25, 0.3) is 43.6 Å². The summed E-state index contributed by atoms with van der Waals surface area (Å²) in [5.41, 5.74) is -0.195. The van der Waals surface area contributed by atoms with Gasteiger partial charge in [-0.1, -0.05) is 43.0 Å². The van der Waals surface area contributed by atoms with Gasteiger partial charge in [0.15, 0.2) is 11.3 Å². The summed E-state index contributed by atoms with van der Waals surface area (Å²) in [6.45, 7) is 5.66. The van der Waals surface area contributed by atoms with E-state index in [0.717, 1.165) is 22.5 Å². The van der Waals surface area contributed by atoms with E-state index in [2.05, 4.69) is 17.2 Å². The quantitative estimate of drug-likeness (QED) is 0.104. The SMILES string of the molecule is C=CC(=O)OCCCCCNC(=O)[C@@]1(O)CC2O[C@]1(C)n1c3ccccc3c3c4c(c5c6ccccc6n2c5c31)C(=O)NC4=O. The van der Waals surface area contributed by atoms with Crippen LogP contribution >= 0.6 is 0 Å². The van der Waals surface area contributed by atoms with E-state index in [0.29, 0.717) is 58.6 Å². The van der Waals surface area contributed by atoms with Crippen LogP contribution in [0.3, 0.4) is 0 Å². The van der Waals surface area contributed by atoms with Crippen LogP contribution in [0.5, 0.6) is 0 Å². The van der Waals surface area contributed by atoms with Crippen molar-refractivity contribution >= 4 is 67.3 Å². The molecule has 3 aliphatic rings. The summed E-state index contributed by atoms with van der Waals surface area (Å²) < 4.78 is 15.6. The Kier molecular flexibility index (Phi) is 5.81. The van der Waals surface area contributed by atoms with Crippen LogP contribution in [0, 0.1) is 0 Å². The third kappa shape index (κ3) is 3.47. The maximum atomic E-state index is 14.0. The van der Waals surface area contributed by atoms with E-state index in [1.807, 2.05) is 57.7 Å². The highest BCUT2D eigenvalue weighted by Crippen LogP contribution is 2.57. The van der Waals surface area contributed by atoms with Gasteiger partial charge in [-0.25, -0.2) is 4.79 Å². The van der Waals surface area contributed by atoms with E-state index in [-0.39, 0.29) is 18.6 Å². The number of hydrogen-bond acceptors (Lipinski definition) is 7. The van der Waals surface area contributed by atoms with Crippen LogP contribution < -0.4 is 10.6 Å². The largest absolute Gasteiger partial charge is 0.463 e. The molecule has 45 heavy (non-hydrogen) atoms. The normalized spacial score (nSPS) is 23.2. The molecule has 11 nitrogen and oxygen atoms in total. The smallest absolute Gasteiger partial charge is 0.330 e. The van der Waals surface area contributed by atoms with Crippen molar-refractivity contribution in [1.29, 1.82) is 0 Å². The molecule has 11 heteroatoms. The highest BCUT2D eigenvalue weighted by molar-refractivity contribution is 6.39. The summed E-state index contributed by atoms with van der Waals surface area (Å²) in [5.74, 6) is -1.97. The molecule has 3 aromatic carbocycles. The first-order valence-corrected chi connectivity index (χ1v) is 15.1. The van der Waals surface area contributed by atoms with Crippen molar-refractivity contribution in [1.82, 2.24) is 19.8 Å². The summed E-state index contributed by atoms with van der Waals surface area (Å²) in [7, 11) is 0. The van der Waals surface area contributed by atoms with Crippen molar-refractivity contribution in [3.05, 3.63) is 72.3 Å². The molecule has 3 amide bonds. The highest BCUT2D eigenvalue weighted by Gasteiger charge is 2.65. The Labute approximate surface area is 256 Å². The van der Waals surface area contributed by atoms with Gasteiger partial charge in [0.25, 0.3) is 17.7 Å². The average molecular weight is 607 g/mol. The Morgan fingerprint density at radius 3 is 2.38 bits per heavy atom. The summed E-state index contributed by atoms with van der Waals surface area (Å²) in [4.78, 5) is 52.1. The molecule has 2 aromatic heterocycles. The number of hydrogen-bond donors (Lipinski definition) is 3. The fourth-order valence-corrected chi connectivity index (χ4v) is 7.66. The van der Waals surface area contributed by atoms with Gasteiger partial charge in [0.1, 0.15) is 6.23 Å². The van der Waals surface area contributed by atoms with Crippen LogP contribution in [-0.4, -0.2) is 56.7 Å². The number of aliphatic hydroxyl groups is 1. The predicted molar refractivity (Wildman–Crippen MR) is 166 cm³/mol. The number of benzene rings is 3. The average Bonchev–Trinajstić information content (AvgIpc) is 3.70. The zero-order valence-electron chi connectivity index (χ0n) is 24.5. The number of fused-ring (bicyclic) bond motifs is 13. The monoisotopic (exact) mass is 606 g/mol. The molecule has 1 saturated heterocycles. The van der Waals surface area contributed by atoms with Crippen LogP contribution in [-0.2, 0) is 24.8 Å².